The highest BCUT2D eigenvalue weighted by Gasteiger charge is 2.18. The van der Waals surface area contributed by atoms with E-state index >= 15 is 0 Å². The number of carbonyl (C=O) groups is 1. The molecule has 0 unspecified atom stereocenters. The smallest absolute Gasteiger partial charge is 0.251 e. The number of aromatic nitrogens is 4. The van der Waals surface area contributed by atoms with E-state index in [1.165, 1.54) is 0 Å². The van der Waals surface area contributed by atoms with Gasteiger partial charge >= 0.3 is 0 Å². The molecule has 1 amide bonds. The molecule has 2 aromatic carbocycles. The number of nitrogens with one attached hydrogen (secondary N) is 1. The van der Waals surface area contributed by atoms with Gasteiger partial charge in [-0.05, 0) is 50.5 Å². The van der Waals surface area contributed by atoms with Crippen LogP contribution in [0.2, 0.25) is 0 Å². The highest BCUT2D eigenvalue weighted by molar-refractivity contribution is 5.79. The van der Waals surface area contributed by atoms with E-state index in [1.54, 1.807) is 4.68 Å². The predicted octanol–water partition coefficient (Wildman–Crippen LogP) is 4.47. The molecule has 4 rings (SSSR count). The minimum absolute atomic E-state index is 0.0582. The zero-order chi connectivity index (χ0) is 24.8. The van der Waals surface area contributed by atoms with Crippen LogP contribution < -0.4 is 5.32 Å². The highest BCUT2D eigenvalue weighted by Crippen LogP contribution is 2.18. The fraction of sp³-hybridized carbons (Fsp3) is 0.286. The second-order valence-electron chi connectivity index (χ2n) is 8.71. The number of amides is 1. The van der Waals surface area contributed by atoms with Gasteiger partial charge in [-0.1, -0.05) is 54.6 Å². The van der Waals surface area contributed by atoms with Crippen LogP contribution in [0, 0.1) is 27.7 Å². The minimum atomic E-state index is -0.0582. The molecule has 180 valence electrons. The number of benzene rings is 2. The number of carbonyl (C=O) groups excluding carboxylic acids is 1. The summed E-state index contributed by atoms with van der Waals surface area (Å²) in [4.78, 5) is 21.9. The zero-order valence-electron chi connectivity index (χ0n) is 20.7. The summed E-state index contributed by atoms with van der Waals surface area (Å²) >= 11 is 0. The third-order valence-corrected chi connectivity index (χ3v) is 5.90. The van der Waals surface area contributed by atoms with E-state index in [0.717, 1.165) is 45.0 Å². The Labute approximate surface area is 206 Å². The minimum Gasteiger partial charge on any atom is -0.372 e. The van der Waals surface area contributed by atoms with Crippen molar-refractivity contribution < 1.29 is 9.53 Å². The van der Waals surface area contributed by atoms with Crippen LogP contribution in [0.25, 0.3) is 5.95 Å². The van der Waals surface area contributed by atoms with Gasteiger partial charge in [-0.15, -0.1) is 0 Å². The predicted molar refractivity (Wildman–Crippen MR) is 135 cm³/mol. The number of rotatable bonds is 9. The van der Waals surface area contributed by atoms with E-state index in [2.05, 4.69) is 20.4 Å². The quantitative estimate of drug-likeness (QED) is 0.391. The Kier molecular flexibility index (Phi) is 7.67. The molecule has 0 radical (unpaired) electrons. The molecule has 0 fully saturated rings. The lowest BCUT2D eigenvalue weighted by Crippen LogP contribution is -2.25. The topological polar surface area (TPSA) is 81.9 Å². The lowest BCUT2D eigenvalue weighted by atomic mass is 10.1. The first kappa shape index (κ1) is 24.3. The van der Waals surface area contributed by atoms with Crippen LogP contribution in [0.15, 0.2) is 60.7 Å². The van der Waals surface area contributed by atoms with Gasteiger partial charge in [-0.2, -0.15) is 5.10 Å². The molecule has 0 aliphatic heterocycles. The maximum absolute atomic E-state index is 12.8. The Hall–Kier alpha value is -3.84. The average Bonchev–Trinajstić information content (AvgIpc) is 3.12. The van der Waals surface area contributed by atoms with Gasteiger partial charge in [0, 0.05) is 29.2 Å². The first-order valence-corrected chi connectivity index (χ1v) is 11.7. The second kappa shape index (κ2) is 11.1. The van der Waals surface area contributed by atoms with Crippen molar-refractivity contribution in [2.24, 2.45) is 0 Å². The fourth-order valence-corrected chi connectivity index (χ4v) is 4.07. The van der Waals surface area contributed by atoms with E-state index in [4.69, 9.17) is 4.74 Å². The van der Waals surface area contributed by atoms with Crippen molar-refractivity contribution in [2.75, 3.05) is 0 Å². The van der Waals surface area contributed by atoms with Crippen LogP contribution in [0.1, 0.15) is 45.0 Å². The molecule has 0 atom stereocenters. The molecular formula is C28H31N5O2. The Morgan fingerprint density at radius 2 is 1.54 bits per heavy atom. The lowest BCUT2D eigenvalue weighted by Gasteiger charge is -2.12. The van der Waals surface area contributed by atoms with Crippen molar-refractivity contribution in [1.29, 1.82) is 0 Å². The summed E-state index contributed by atoms with van der Waals surface area (Å²) in [6.07, 6.45) is 0.245. The summed E-state index contributed by atoms with van der Waals surface area (Å²) in [6.45, 7) is 9.20. The molecule has 0 aliphatic rings. The average molecular weight is 470 g/mol. The third kappa shape index (κ3) is 6.19. The number of hydrogen-bond donors (Lipinski definition) is 1. The van der Waals surface area contributed by atoms with Gasteiger partial charge in [0.2, 0.25) is 5.91 Å². The highest BCUT2D eigenvalue weighted by atomic mass is 16.5. The van der Waals surface area contributed by atoms with Crippen molar-refractivity contribution in [3.8, 4) is 5.95 Å². The normalized spacial score (nSPS) is 11.0. The van der Waals surface area contributed by atoms with Gasteiger partial charge in [-0.3, -0.25) is 4.79 Å². The molecule has 0 saturated carbocycles. The van der Waals surface area contributed by atoms with Crippen molar-refractivity contribution in [1.82, 2.24) is 25.1 Å². The van der Waals surface area contributed by atoms with Crippen molar-refractivity contribution in [3.05, 3.63) is 106 Å². The van der Waals surface area contributed by atoms with E-state index in [9.17, 15) is 4.79 Å². The third-order valence-electron chi connectivity index (χ3n) is 5.90. The van der Waals surface area contributed by atoms with E-state index < -0.39 is 0 Å². The molecule has 2 aromatic heterocycles. The summed E-state index contributed by atoms with van der Waals surface area (Å²) in [5, 5.41) is 7.66. The van der Waals surface area contributed by atoms with Gasteiger partial charge in [0.1, 0.15) is 0 Å². The van der Waals surface area contributed by atoms with Crippen molar-refractivity contribution in [2.45, 2.75) is 53.9 Å². The maximum Gasteiger partial charge on any atom is 0.251 e. The zero-order valence-corrected chi connectivity index (χ0v) is 20.7. The summed E-state index contributed by atoms with van der Waals surface area (Å²) < 4.78 is 7.63. The van der Waals surface area contributed by atoms with Crippen molar-refractivity contribution >= 4 is 5.91 Å². The monoisotopic (exact) mass is 469 g/mol. The molecule has 2 heterocycles. The molecule has 0 bridgehead atoms. The van der Waals surface area contributed by atoms with Gasteiger partial charge in [-0.25, -0.2) is 14.6 Å². The van der Waals surface area contributed by atoms with Crippen LogP contribution in [0.3, 0.4) is 0 Å². The first-order chi connectivity index (χ1) is 16.9. The summed E-state index contributed by atoms with van der Waals surface area (Å²) in [6, 6.07) is 20.0. The molecule has 35 heavy (non-hydrogen) atoms. The molecule has 0 spiro atoms. The first-order valence-electron chi connectivity index (χ1n) is 11.7. The Balaban J connectivity index is 1.38. The summed E-state index contributed by atoms with van der Waals surface area (Å²) in [5.74, 6) is 0.469. The second-order valence-corrected chi connectivity index (χ2v) is 8.71. The van der Waals surface area contributed by atoms with Gasteiger partial charge in [0.25, 0.3) is 5.95 Å². The summed E-state index contributed by atoms with van der Waals surface area (Å²) in [5.41, 5.74) is 7.57. The lowest BCUT2D eigenvalue weighted by molar-refractivity contribution is -0.120. The molecule has 4 aromatic rings. The van der Waals surface area contributed by atoms with E-state index in [-0.39, 0.29) is 12.3 Å². The number of ether oxygens (including phenoxy) is 1. The van der Waals surface area contributed by atoms with Crippen molar-refractivity contribution in [3.63, 3.8) is 0 Å². The molecule has 0 saturated heterocycles. The molecular weight excluding hydrogens is 438 g/mol. The van der Waals surface area contributed by atoms with Crippen LogP contribution in [0.5, 0.6) is 0 Å². The molecule has 7 nitrogen and oxygen atoms in total. The van der Waals surface area contributed by atoms with Gasteiger partial charge in [0.15, 0.2) is 0 Å². The fourth-order valence-electron chi connectivity index (χ4n) is 4.07. The molecule has 0 aliphatic carbocycles. The number of nitrogens with zero attached hydrogens (tertiary/aromatic N) is 4. The Morgan fingerprint density at radius 3 is 2.26 bits per heavy atom. The van der Waals surface area contributed by atoms with Gasteiger partial charge in [0.05, 0.1) is 25.3 Å². The van der Waals surface area contributed by atoms with Gasteiger partial charge < -0.3 is 10.1 Å². The Morgan fingerprint density at radius 1 is 0.886 bits per heavy atom. The SMILES string of the molecule is Cc1cc(C)nc(-n2nc(C)c(CC(=O)NCc3ccccc3COCc3ccccc3)c2C)n1. The molecule has 7 heteroatoms. The number of hydrogen-bond acceptors (Lipinski definition) is 5. The van der Waals surface area contributed by atoms with Crippen LogP contribution >= 0.6 is 0 Å². The standard InChI is InChI=1S/C28H31N5O2/c1-19-14-20(2)31-28(30-19)33-22(4)26(21(3)32-33)15-27(34)29-16-24-12-8-9-13-25(24)18-35-17-23-10-6-5-7-11-23/h5-14H,15-18H2,1-4H3,(H,29,34). The van der Waals surface area contributed by atoms with Crippen LogP contribution in [0.4, 0.5) is 0 Å². The van der Waals surface area contributed by atoms with Crippen LogP contribution in [-0.4, -0.2) is 25.7 Å². The van der Waals surface area contributed by atoms with Crippen LogP contribution in [-0.2, 0) is 35.7 Å². The summed E-state index contributed by atoms with van der Waals surface area (Å²) in [7, 11) is 0. The number of aryl methyl sites for hydroxylation is 3. The van der Waals surface area contributed by atoms with E-state index in [0.29, 0.717) is 25.7 Å². The maximum atomic E-state index is 12.8. The largest absolute Gasteiger partial charge is 0.372 e. The van der Waals surface area contributed by atoms with E-state index in [1.807, 2.05) is 88.4 Å². The Bertz CT molecular complexity index is 1290. The molecule has 1 N–H and O–H groups in total.